The molecule has 0 unspecified atom stereocenters. The molecule has 4 aromatic rings. The summed E-state index contributed by atoms with van der Waals surface area (Å²) in [5, 5.41) is 9.65. The Morgan fingerprint density at radius 2 is 1.31 bits per heavy atom. The van der Waals surface area contributed by atoms with Crippen LogP contribution in [0.15, 0.2) is 70.7 Å². The van der Waals surface area contributed by atoms with Gasteiger partial charge in [-0.25, -0.2) is 0 Å². The zero-order valence-corrected chi connectivity index (χ0v) is 30.6. The monoisotopic (exact) mass is 746 g/mol. The van der Waals surface area contributed by atoms with Crippen molar-refractivity contribution in [3.8, 4) is 0 Å². The van der Waals surface area contributed by atoms with Crippen molar-refractivity contribution in [1.29, 1.82) is 0 Å². The van der Waals surface area contributed by atoms with Crippen molar-refractivity contribution in [2.24, 2.45) is 11.5 Å². The molecule has 274 valence electrons. The number of aromatic nitrogens is 2. The van der Waals surface area contributed by atoms with Crippen LogP contribution in [-0.4, -0.2) is 71.1 Å². The van der Waals surface area contributed by atoms with Crippen LogP contribution in [0.1, 0.15) is 62.7 Å². The number of anilines is 1. The van der Waals surface area contributed by atoms with E-state index < -0.39 is 23.9 Å². The van der Waals surface area contributed by atoms with E-state index in [1.54, 1.807) is 35.5 Å². The molecule has 2 heterocycles. The van der Waals surface area contributed by atoms with Gasteiger partial charge in [0.25, 0.3) is 5.91 Å². The summed E-state index contributed by atoms with van der Waals surface area (Å²) in [6.45, 7) is 3.40. The Morgan fingerprint density at radius 3 is 1.85 bits per heavy atom. The molecule has 0 aliphatic heterocycles. The van der Waals surface area contributed by atoms with Gasteiger partial charge in [0, 0.05) is 71.1 Å². The van der Waals surface area contributed by atoms with Crippen molar-refractivity contribution in [3.63, 3.8) is 0 Å². The number of nitrogens with one attached hydrogen (secondary N) is 3. The molecule has 6 amide bonds. The summed E-state index contributed by atoms with van der Waals surface area (Å²) in [4.78, 5) is 83.9. The van der Waals surface area contributed by atoms with E-state index in [9.17, 15) is 28.8 Å². The summed E-state index contributed by atoms with van der Waals surface area (Å²) in [7, 11) is 2.86. The molecule has 14 nitrogen and oxygen atoms in total. The van der Waals surface area contributed by atoms with Crippen molar-refractivity contribution in [2.45, 2.75) is 74.2 Å². The minimum Gasteiger partial charge on any atom is -0.368 e. The molecule has 2 aromatic carbocycles. The molecule has 52 heavy (non-hydrogen) atoms. The second kappa shape index (κ2) is 19.4. The largest absolute Gasteiger partial charge is 0.368 e. The maximum absolute atomic E-state index is 13.3. The Kier molecular flexibility index (Phi) is 14.8. The van der Waals surface area contributed by atoms with Gasteiger partial charge in [0.1, 0.15) is 12.1 Å². The summed E-state index contributed by atoms with van der Waals surface area (Å²) in [5.41, 5.74) is 13.4. The molecule has 16 heteroatoms. The predicted molar refractivity (Wildman–Crippen MR) is 202 cm³/mol. The van der Waals surface area contributed by atoms with Gasteiger partial charge in [-0.15, -0.1) is 0 Å². The summed E-state index contributed by atoms with van der Waals surface area (Å²) >= 11 is 0. The highest BCUT2D eigenvalue weighted by Crippen LogP contribution is 2.44. The maximum atomic E-state index is 13.3. The molecule has 4 rings (SSSR count). The lowest BCUT2D eigenvalue weighted by Crippen LogP contribution is -2.43. The zero-order valence-electron chi connectivity index (χ0n) is 28.9. The molecule has 2 atom stereocenters. The lowest BCUT2D eigenvalue weighted by molar-refractivity contribution is -0.126. The van der Waals surface area contributed by atoms with E-state index in [1.807, 2.05) is 30.3 Å². The number of pyridine rings is 2. The van der Waals surface area contributed by atoms with Gasteiger partial charge < -0.3 is 32.3 Å². The lowest BCUT2D eigenvalue weighted by Gasteiger charge is -2.20. The first-order valence-electron chi connectivity index (χ1n) is 16.7. The molecular weight excluding hydrogens is 705 g/mol. The average Bonchev–Trinajstić information content (AvgIpc) is 3.11. The van der Waals surface area contributed by atoms with Gasteiger partial charge in [-0.1, -0.05) is 33.7 Å². The van der Waals surface area contributed by atoms with E-state index in [0.29, 0.717) is 62.9 Å². The van der Waals surface area contributed by atoms with E-state index >= 15 is 0 Å². The van der Waals surface area contributed by atoms with Crippen LogP contribution in [0, 0.1) is 0 Å². The molecule has 0 saturated carbocycles. The van der Waals surface area contributed by atoms with E-state index in [-0.39, 0.29) is 17.7 Å². The molecule has 7 N–H and O–H groups in total. The van der Waals surface area contributed by atoms with Crippen molar-refractivity contribution in [1.82, 2.24) is 25.9 Å². The fourth-order valence-electron chi connectivity index (χ4n) is 5.53. The highest BCUT2D eigenvalue weighted by molar-refractivity contribution is 8.76. The fraction of sp³-hybridized carbons (Fsp3) is 0.333. The molecule has 0 saturated heterocycles. The predicted octanol–water partition coefficient (Wildman–Crippen LogP) is 3.60. The first-order valence-corrected chi connectivity index (χ1v) is 18.9. The lowest BCUT2D eigenvalue weighted by atomic mass is 10.1. The number of nitrogens with two attached hydrogens (primary N) is 2. The van der Waals surface area contributed by atoms with E-state index in [2.05, 4.69) is 25.9 Å². The minimum atomic E-state index is -0.770. The van der Waals surface area contributed by atoms with Gasteiger partial charge in [-0.2, -0.15) is 0 Å². The van der Waals surface area contributed by atoms with Crippen LogP contribution in [0.4, 0.5) is 5.69 Å². The number of rotatable bonds is 20. The number of primary amides is 2. The second-order valence-corrected chi connectivity index (χ2v) is 14.3. The van der Waals surface area contributed by atoms with Crippen LogP contribution in [0.3, 0.4) is 0 Å². The van der Waals surface area contributed by atoms with Crippen LogP contribution >= 0.6 is 21.6 Å². The van der Waals surface area contributed by atoms with Gasteiger partial charge in [0.05, 0.1) is 11.0 Å². The average molecular weight is 747 g/mol. The van der Waals surface area contributed by atoms with Gasteiger partial charge >= 0.3 is 0 Å². The zero-order chi connectivity index (χ0) is 37.6. The topological polar surface area (TPSA) is 220 Å². The van der Waals surface area contributed by atoms with Crippen molar-refractivity contribution < 1.29 is 28.8 Å². The van der Waals surface area contributed by atoms with Gasteiger partial charge in [-0.05, 0) is 74.9 Å². The van der Waals surface area contributed by atoms with Crippen LogP contribution in [-0.2, 0) is 24.0 Å². The number of unbranched alkanes of at least 4 members (excludes halogenated alkanes) is 2. The summed E-state index contributed by atoms with van der Waals surface area (Å²) < 4.78 is 0. The molecule has 0 bridgehead atoms. The summed E-state index contributed by atoms with van der Waals surface area (Å²) in [6, 6.07) is 13.3. The van der Waals surface area contributed by atoms with Gasteiger partial charge in [-0.3, -0.25) is 38.7 Å². The van der Waals surface area contributed by atoms with Crippen LogP contribution in [0.2, 0.25) is 0 Å². The Bertz CT molecular complexity index is 1940. The van der Waals surface area contributed by atoms with Crippen LogP contribution in [0.5, 0.6) is 0 Å². The molecule has 2 aromatic heterocycles. The normalized spacial score (nSPS) is 12.1. The number of nitrogens with zero attached hydrogens (tertiary/aromatic N) is 3. The number of amides is 6. The Morgan fingerprint density at radius 1 is 0.769 bits per heavy atom. The van der Waals surface area contributed by atoms with Gasteiger partial charge in [0.15, 0.2) is 0 Å². The quantitative estimate of drug-likeness (QED) is 0.0503. The fourth-order valence-corrected chi connectivity index (χ4v) is 7.85. The molecular formula is C36H42N8O6S2. The third-order valence-corrected chi connectivity index (χ3v) is 10.4. The molecule has 0 spiro atoms. The second-order valence-electron chi connectivity index (χ2n) is 12.1. The Labute approximate surface area is 309 Å². The first kappa shape index (κ1) is 39.6. The van der Waals surface area contributed by atoms with E-state index in [1.165, 1.54) is 35.4 Å². The van der Waals surface area contributed by atoms with Crippen LogP contribution < -0.4 is 32.3 Å². The van der Waals surface area contributed by atoms with Crippen molar-refractivity contribution >= 4 is 85.0 Å². The van der Waals surface area contributed by atoms with E-state index in [4.69, 9.17) is 11.5 Å². The highest BCUT2D eigenvalue weighted by Gasteiger charge is 2.19. The van der Waals surface area contributed by atoms with Crippen LogP contribution in [0.25, 0.3) is 21.8 Å². The first-order chi connectivity index (χ1) is 25.0. The summed E-state index contributed by atoms with van der Waals surface area (Å²) in [5.74, 6) is -2.14. The number of fused-ring (bicyclic) bond motifs is 2. The van der Waals surface area contributed by atoms with Crippen molar-refractivity contribution in [3.05, 3.63) is 66.5 Å². The highest BCUT2D eigenvalue weighted by atomic mass is 33.1. The Balaban J connectivity index is 1.47. The summed E-state index contributed by atoms with van der Waals surface area (Å²) in [6.07, 6.45) is 7.18. The maximum Gasteiger partial charge on any atom is 0.251 e. The number of carbonyl (C=O) groups is 6. The number of hydrogen-bond donors (Lipinski definition) is 5. The standard InChI is InChI=1S/C36H42N8O6S2/c1-22(46)42-28(34(37)48)11-3-5-13-41-36(50)26-17-24-9-7-14-39-32(24)30(19-26)51-52-31-20-27(18-25-10-8-15-40-33(25)31)44(21-45)16-6-4-12-29(35(38)49)43-23(2)47/h7-10,14-15,17-21,28-29H,3-6,11-13,16H2,1-2H3,(H2,37,48)(H2,38,49)(H,41,50)(H,42,46)(H,43,47)/t28-,29+/m0/s1. The van der Waals surface area contributed by atoms with Gasteiger partial charge in [0.2, 0.25) is 30.0 Å². The third-order valence-electron chi connectivity index (χ3n) is 8.06. The van der Waals surface area contributed by atoms with Crippen molar-refractivity contribution in [2.75, 3.05) is 18.0 Å². The minimum absolute atomic E-state index is 0.263. The van der Waals surface area contributed by atoms with E-state index in [0.717, 1.165) is 38.0 Å². The third kappa shape index (κ3) is 11.4. The molecule has 0 aliphatic carbocycles. The molecule has 0 aliphatic rings. The Hall–Kier alpha value is -5.22. The number of hydrogen-bond acceptors (Lipinski definition) is 10. The number of benzene rings is 2. The smallest absolute Gasteiger partial charge is 0.251 e. The SMILES string of the molecule is CC(=O)N[C@@H](CCCCNC(=O)c1cc(SSc2cc(N(C=O)CCCC[C@@H](NC(C)=O)C(N)=O)cc3cccnc23)c2ncccc2c1)C(N)=O. The number of carbonyl (C=O) groups excluding carboxylic acids is 6. The molecule has 0 radical (unpaired) electrons. The molecule has 0 fully saturated rings.